The molecular formula is C16H24O5. The standard InChI is InChI=1S/C16H24O5/c1-10(2)11(3)7-16(5,6)8-14(17)19-9-13-12(4)20-15(18)21-13/h10H,3,7-9H2,1-2,4-6H3. The minimum Gasteiger partial charge on any atom is -0.457 e. The lowest BCUT2D eigenvalue weighted by atomic mass is 9.80. The normalized spacial score (nSPS) is 11.7. The predicted molar refractivity (Wildman–Crippen MR) is 78.8 cm³/mol. The molecule has 0 aliphatic carbocycles. The van der Waals surface area contributed by atoms with E-state index in [2.05, 4.69) is 20.4 Å². The predicted octanol–water partition coefficient (Wildman–Crippen LogP) is 3.60. The van der Waals surface area contributed by atoms with Crippen LogP contribution < -0.4 is 5.82 Å². The fourth-order valence-corrected chi connectivity index (χ4v) is 1.98. The second-order valence-electron chi connectivity index (χ2n) is 6.42. The van der Waals surface area contributed by atoms with Crippen molar-refractivity contribution in [2.24, 2.45) is 11.3 Å². The summed E-state index contributed by atoms with van der Waals surface area (Å²) in [7, 11) is 0. The number of ether oxygens (including phenoxy) is 1. The SMILES string of the molecule is C=C(CC(C)(C)CC(=O)OCc1oc(=O)oc1C)C(C)C. The monoisotopic (exact) mass is 296 g/mol. The highest BCUT2D eigenvalue weighted by Crippen LogP contribution is 2.31. The molecule has 118 valence electrons. The minimum absolute atomic E-state index is 0.0857. The van der Waals surface area contributed by atoms with E-state index < -0.39 is 5.82 Å². The average Bonchev–Trinajstić information content (AvgIpc) is 2.63. The molecule has 0 spiro atoms. The maximum atomic E-state index is 11.9. The molecule has 1 aromatic heterocycles. The highest BCUT2D eigenvalue weighted by Gasteiger charge is 2.25. The van der Waals surface area contributed by atoms with Gasteiger partial charge in [-0.1, -0.05) is 39.8 Å². The topological polar surface area (TPSA) is 69.7 Å². The van der Waals surface area contributed by atoms with Crippen LogP contribution in [0, 0.1) is 18.3 Å². The Morgan fingerprint density at radius 3 is 2.38 bits per heavy atom. The highest BCUT2D eigenvalue weighted by atomic mass is 16.6. The molecular weight excluding hydrogens is 272 g/mol. The van der Waals surface area contributed by atoms with Gasteiger partial charge < -0.3 is 13.6 Å². The Hall–Kier alpha value is -1.78. The lowest BCUT2D eigenvalue weighted by molar-refractivity contribution is -0.147. The second-order valence-corrected chi connectivity index (χ2v) is 6.42. The van der Waals surface area contributed by atoms with Crippen LogP contribution in [0.2, 0.25) is 0 Å². The molecule has 0 aliphatic rings. The van der Waals surface area contributed by atoms with E-state index in [0.717, 1.165) is 12.0 Å². The maximum absolute atomic E-state index is 11.9. The number of rotatable bonds is 7. The Morgan fingerprint density at radius 2 is 1.90 bits per heavy atom. The van der Waals surface area contributed by atoms with Crippen LogP contribution in [0.5, 0.6) is 0 Å². The van der Waals surface area contributed by atoms with Crippen molar-refractivity contribution < 1.29 is 18.4 Å². The summed E-state index contributed by atoms with van der Waals surface area (Å²) < 4.78 is 14.6. The van der Waals surface area contributed by atoms with E-state index in [4.69, 9.17) is 13.6 Å². The van der Waals surface area contributed by atoms with Gasteiger partial charge in [-0.05, 0) is 24.7 Å². The van der Waals surface area contributed by atoms with Crippen LogP contribution in [0.3, 0.4) is 0 Å². The summed E-state index contributed by atoms with van der Waals surface area (Å²) in [5.41, 5.74) is 0.898. The van der Waals surface area contributed by atoms with Crippen molar-refractivity contribution in [1.82, 2.24) is 0 Å². The van der Waals surface area contributed by atoms with Gasteiger partial charge >= 0.3 is 11.8 Å². The molecule has 0 radical (unpaired) electrons. The lowest BCUT2D eigenvalue weighted by Crippen LogP contribution is -2.20. The van der Waals surface area contributed by atoms with E-state index in [1.807, 2.05) is 13.8 Å². The number of aryl methyl sites for hydroxylation is 1. The van der Waals surface area contributed by atoms with Crippen molar-refractivity contribution in [3.8, 4) is 0 Å². The van der Waals surface area contributed by atoms with Crippen molar-refractivity contribution in [2.45, 2.75) is 54.1 Å². The molecule has 0 aromatic carbocycles. The van der Waals surface area contributed by atoms with Crippen LogP contribution in [0.25, 0.3) is 0 Å². The first-order chi connectivity index (χ1) is 9.60. The van der Waals surface area contributed by atoms with Gasteiger partial charge in [0.05, 0.1) is 6.42 Å². The van der Waals surface area contributed by atoms with Gasteiger partial charge in [0.15, 0.2) is 18.1 Å². The first-order valence-electron chi connectivity index (χ1n) is 7.03. The third-order valence-electron chi connectivity index (χ3n) is 3.34. The molecule has 0 bridgehead atoms. The van der Waals surface area contributed by atoms with E-state index in [9.17, 15) is 9.59 Å². The molecule has 0 N–H and O–H groups in total. The van der Waals surface area contributed by atoms with Gasteiger partial charge in [-0.25, -0.2) is 4.79 Å². The fraction of sp³-hybridized carbons (Fsp3) is 0.625. The van der Waals surface area contributed by atoms with Crippen molar-refractivity contribution in [2.75, 3.05) is 0 Å². The Kier molecular flexibility index (Phi) is 5.58. The van der Waals surface area contributed by atoms with Crippen LogP contribution in [0.1, 0.15) is 52.1 Å². The number of esters is 1. The zero-order chi connectivity index (χ0) is 16.2. The summed E-state index contributed by atoms with van der Waals surface area (Å²) in [5.74, 6) is -0.145. The largest absolute Gasteiger partial charge is 0.519 e. The highest BCUT2D eigenvalue weighted by molar-refractivity contribution is 5.70. The first-order valence-corrected chi connectivity index (χ1v) is 7.03. The summed E-state index contributed by atoms with van der Waals surface area (Å²) in [6.45, 7) is 13.7. The number of carbonyl (C=O) groups excluding carboxylic acids is 1. The Labute approximate surface area is 125 Å². The van der Waals surface area contributed by atoms with Crippen LogP contribution >= 0.6 is 0 Å². The van der Waals surface area contributed by atoms with E-state index in [-0.39, 0.29) is 30.2 Å². The Balaban J connectivity index is 2.51. The molecule has 0 saturated heterocycles. The van der Waals surface area contributed by atoms with Crippen LogP contribution in [0.4, 0.5) is 0 Å². The molecule has 0 amide bonds. The third kappa shape index (κ3) is 5.61. The molecule has 1 rings (SSSR count). The smallest absolute Gasteiger partial charge is 0.457 e. The summed E-state index contributed by atoms with van der Waals surface area (Å²) in [6.07, 6.45) is 1.04. The number of allylic oxidation sites excluding steroid dienone is 1. The molecule has 21 heavy (non-hydrogen) atoms. The number of hydrogen-bond donors (Lipinski definition) is 0. The zero-order valence-electron chi connectivity index (χ0n) is 13.4. The van der Waals surface area contributed by atoms with E-state index in [1.165, 1.54) is 0 Å². The molecule has 0 unspecified atom stereocenters. The third-order valence-corrected chi connectivity index (χ3v) is 3.34. The minimum atomic E-state index is -0.785. The summed E-state index contributed by atoms with van der Waals surface area (Å²) in [4.78, 5) is 22.8. The van der Waals surface area contributed by atoms with Gasteiger partial charge in [0, 0.05) is 0 Å². The van der Waals surface area contributed by atoms with Crippen molar-refractivity contribution in [3.63, 3.8) is 0 Å². The quantitative estimate of drug-likeness (QED) is 0.568. The molecule has 1 aromatic rings. The van der Waals surface area contributed by atoms with E-state index in [1.54, 1.807) is 6.92 Å². The van der Waals surface area contributed by atoms with Gasteiger partial charge in [-0.15, -0.1) is 0 Å². The van der Waals surface area contributed by atoms with Crippen LogP contribution in [-0.2, 0) is 16.1 Å². The van der Waals surface area contributed by atoms with E-state index in [0.29, 0.717) is 11.7 Å². The molecule has 0 fully saturated rings. The maximum Gasteiger partial charge on any atom is 0.519 e. The molecule has 5 heteroatoms. The second kappa shape index (κ2) is 6.78. The molecule has 1 heterocycles. The van der Waals surface area contributed by atoms with Crippen LogP contribution in [0.15, 0.2) is 25.8 Å². The molecule has 5 nitrogen and oxygen atoms in total. The average molecular weight is 296 g/mol. The fourth-order valence-electron chi connectivity index (χ4n) is 1.98. The number of hydrogen-bond acceptors (Lipinski definition) is 5. The molecule has 0 aliphatic heterocycles. The van der Waals surface area contributed by atoms with E-state index >= 15 is 0 Å². The van der Waals surface area contributed by atoms with Gasteiger partial charge in [0.25, 0.3) is 0 Å². The summed E-state index contributed by atoms with van der Waals surface area (Å²) in [5, 5.41) is 0. The van der Waals surface area contributed by atoms with Gasteiger partial charge in [-0.2, -0.15) is 0 Å². The van der Waals surface area contributed by atoms with Crippen molar-refractivity contribution >= 4 is 5.97 Å². The molecule has 0 saturated carbocycles. The summed E-state index contributed by atoms with van der Waals surface area (Å²) >= 11 is 0. The lowest BCUT2D eigenvalue weighted by Gasteiger charge is -2.26. The van der Waals surface area contributed by atoms with Crippen LogP contribution in [-0.4, -0.2) is 5.97 Å². The zero-order valence-corrected chi connectivity index (χ0v) is 13.4. The molecule has 0 atom stereocenters. The summed E-state index contributed by atoms with van der Waals surface area (Å²) in [6, 6.07) is 0. The number of carbonyl (C=O) groups is 1. The Morgan fingerprint density at radius 1 is 1.29 bits per heavy atom. The van der Waals surface area contributed by atoms with Gasteiger partial charge in [-0.3, -0.25) is 4.79 Å². The first kappa shape index (κ1) is 17.3. The van der Waals surface area contributed by atoms with Gasteiger partial charge in [0.2, 0.25) is 0 Å². The van der Waals surface area contributed by atoms with Crippen molar-refractivity contribution in [3.05, 3.63) is 34.3 Å². The Bertz CT molecular complexity index is 559. The van der Waals surface area contributed by atoms with Gasteiger partial charge in [0.1, 0.15) is 0 Å². The van der Waals surface area contributed by atoms with Crippen molar-refractivity contribution in [1.29, 1.82) is 0 Å².